The molecule has 10 heteroatoms. The van der Waals surface area contributed by atoms with Crippen LogP contribution in [0.1, 0.15) is 32.0 Å². The summed E-state index contributed by atoms with van der Waals surface area (Å²) in [7, 11) is 0. The van der Waals surface area contributed by atoms with E-state index in [-0.39, 0.29) is 30.3 Å². The van der Waals surface area contributed by atoms with Crippen molar-refractivity contribution in [2.75, 3.05) is 19.8 Å². The highest BCUT2D eigenvalue weighted by atomic mass is 35.5. The number of aliphatic hydroxyl groups is 1. The van der Waals surface area contributed by atoms with Crippen LogP contribution in [0.25, 0.3) is 11.3 Å². The molecule has 1 atom stereocenters. The van der Waals surface area contributed by atoms with Gasteiger partial charge in [-0.25, -0.2) is 9.18 Å². The number of amides is 2. The number of hydrogen-bond donors (Lipinski definition) is 3. The van der Waals surface area contributed by atoms with Crippen LogP contribution in [0, 0.1) is 11.2 Å². The van der Waals surface area contributed by atoms with E-state index >= 15 is 0 Å². The van der Waals surface area contributed by atoms with Crippen LogP contribution in [0.3, 0.4) is 0 Å². The molecule has 0 saturated carbocycles. The second-order valence-corrected chi connectivity index (χ2v) is 8.81. The van der Waals surface area contributed by atoms with Crippen molar-refractivity contribution in [1.29, 1.82) is 0 Å². The maximum atomic E-state index is 14.6. The fraction of sp³-hybridized carbons (Fsp3) is 0.476. The van der Waals surface area contributed by atoms with Crippen molar-refractivity contribution in [2.45, 2.75) is 39.8 Å². The van der Waals surface area contributed by atoms with Crippen molar-refractivity contribution < 1.29 is 23.8 Å². The van der Waals surface area contributed by atoms with Crippen LogP contribution in [0.5, 0.6) is 0 Å². The Bertz CT molecular complexity index is 986. The highest BCUT2D eigenvalue weighted by Crippen LogP contribution is 2.32. The van der Waals surface area contributed by atoms with Gasteiger partial charge in [0.15, 0.2) is 0 Å². The molecule has 2 heterocycles. The summed E-state index contributed by atoms with van der Waals surface area (Å²) < 4.78 is 21.2. The molecule has 8 nitrogen and oxygen atoms in total. The molecule has 1 aliphatic rings. The first kappa shape index (κ1) is 23.2. The van der Waals surface area contributed by atoms with E-state index in [4.69, 9.17) is 21.4 Å². The lowest BCUT2D eigenvalue weighted by molar-refractivity contribution is -0.125. The number of carbonyl (C=O) groups excluding carboxylic acids is 2. The van der Waals surface area contributed by atoms with Crippen LogP contribution >= 0.6 is 11.6 Å². The first-order valence-corrected chi connectivity index (χ1v) is 10.3. The SMILES string of the molecule is CC(C)(C)C(NC(=O)n1nc(-c2ccc(Cl)cc2F)c2c1COCC2)C(=O)NCCO. The molecule has 2 aromatic rings. The molecule has 1 unspecified atom stereocenters. The molecule has 0 radical (unpaired) electrons. The Morgan fingerprint density at radius 3 is 2.77 bits per heavy atom. The normalized spacial score (nSPS) is 14.6. The summed E-state index contributed by atoms with van der Waals surface area (Å²) in [4.78, 5) is 25.7. The van der Waals surface area contributed by atoms with E-state index in [0.29, 0.717) is 24.4 Å². The number of halogens is 2. The van der Waals surface area contributed by atoms with Crippen LogP contribution in [0.4, 0.5) is 9.18 Å². The molecular weight excluding hydrogens is 427 g/mol. The Kier molecular flexibility index (Phi) is 6.98. The van der Waals surface area contributed by atoms with Gasteiger partial charge in [-0.3, -0.25) is 4.79 Å². The van der Waals surface area contributed by atoms with Gasteiger partial charge in [-0.05, 0) is 30.0 Å². The van der Waals surface area contributed by atoms with Crippen molar-refractivity contribution in [2.24, 2.45) is 5.41 Å². The predicted octanol–water partition coefficient (Wildman–Crippen LogP) is 2.50. The summed E-state index contributed by atoms with van der Waals surface area (Å²) in [6, 6.07) is 2.78. The maximum absolute atomic E-state index is 14.6. The zero-order valence-corrected chi connectivity index (χ0v) is 18.4. The lowest BCUT2D eigenvalue weighted by Crippen LogP contribution is -2.55. The zero-order valence-electron chi connectivity index (χ0n) is 17.7. The number of aromatic nitrogens is 2. The van der Waals surface area contributed by atoms with Gasteiger partial charge < -0.3 is 20.5 Å². The molecule has 0 saturated heterocycles. The lowest BCUT2D eigenvalue weighted by Gasteiger charge is -2.30. The number of nitrogens with one attached hydrogen (secondary N) is 2. The van der Waals surface area contributed by atoms with Crippen LogP contribution < -0.4 is 10.6 Å². The molecule has 0 aliphatic carbocycles. The van der Waals surface area contributed by atoms with Crippen molar-refractivity contribution >= 4 is 23.5 Å². The summed E-state index contributed by atoms with van der Waals surface area (Å²) in [6.45, 7) is 5.87. The number of aliphatic hydroxyl groups excluding tert-OH is 1. The van der Waals surface area contributed by atoms with Crippen LogP contribution in [-0.4, -0.2) is 52.6 Å². The second kappa shape index (κ2) is 9.33. The van der Waals surface area contributed by atoms with E-state index < -0.39 is 29.2 Å². The number of rotatable bonds is 5. The van der Waals surface area contributed by atoms with E-state index in [1.807, 2.05) is 20.8 Å². The third kappa shape index (κ3) is 5.06. The molecule has 1 aromatic heterocycles. The molecular formula is C21H26ClFN4O4. The third-order valence-corrected chi connectivity index (χ3v) is 5.25. The Balaban J connectivity index is 1.97. The molecule has 0 bridgehead atoms. The minimum atomic E-state index is -0.883. The van der Waals surface area contributed by atoms with Crippen LogP contribution in [-0.2, 0) is 22.6 Å². The first-order chi connectivity index (χ1) is 14.6. The Labute approximate surface area is 184 Å². The average Bonchev–Trinajstić information content (AvgIpc) is 3.09. The fourth-order valence-corrected chi connectivity index (χ4v) is 3.61. The smallest absolute Gasteiger partial charge is 0.343 e. The van der Waals surface area contributed by atoms with Gasteiger partial charge in [-0.2, -0.15) is 9.78 Å². The summed E-state index contributed by atoms with van der Waals surface area (Å²) in [5.41, 5.74) is 1.21. The molecule has 3 N–H and O–H groups in total. The van der Waals surface area contributed by atoms with E-state index in [0.717, 1.165) is 10.2 Å². The Hall–Kier alpha value is -2.49. The number of fused-ring (bicyclic) bond motifs is 1. The van der Waals surface area contributed by atoms with E-state index in [2.05, 4.69) is 15.7 Å². The highest BCUT2D eigenvalue weighted by Gasteiger charge is 2.34. The summed E-state index contributed by atoms with van der Waals surface area (Å²) in [5, 5.41) is 18.9. The molecule has 1 aromatic carbocycles. The Morgan fingerprint density at radius 1 is 1.39 bits per heavy atom. The van der Waals surface area contributed by atoms with Gasteiger partial charge in [0, 0.05) is 22.7 Å². The molecule has 3 rings (SSSR count). The average molecular weight is 453 g/mol. The number of hydrogen-bond acceptors (Lipinski definition) is 5. The molecule has 31 heavy (non-hydrogen) atoms. The van der Waals surface area contributed by atoms with Gasteiger partial charge >= 0.3 is 6.03 Å². The van der Waals surface area contributed by atoms with E-state index in [1.165, 1.54) is 12.1 Å². The molecule has 2 amide bonds. The predicted molar refractivity (Wildman–Crippen MR) is 113 cm³/mol. The second-order valence-electron chi connectivity index (χ2n) is 8.38. The van der Waals surface area contributed by atoms with Gasteiger partial charge in [0.05, 0.1) is 31.2 Å². The fourth-order valence-electron chi connectivity index (χ4n) is 3.45. The quantitative estimate of drug-likeness (QED) is 0.646. The summed E-state index contributed by atoms with van der Waals surface area (Å²) in [5.74, 6) is -0.959. The zero-order chi connectivity index (χ0) is 22.8. The first-order valence-electron chi connectivity index (χ1n) is 9.97. The summed E-state index contributed by atoms with van der Waals surface area (Å²) in [6.07, 6.45) is 0.472. The molecule has 1 aliphatic heterocycles. The molecule has 168 valence electrons. The van der Waals surface area contributed by atoms with E-state index in [1.54, 1.807) is 6.07 Å². The number of nitrogens with zero attached hydrogens (tertiary/aromatic N) is 2. The molecule has 0 fully saturated rings. The monoisotopic (exact) mass is 452 g/mol. The number of ether oxygens (including phenoxy) is 1. The third-order valence-electron chi connectivity index (χ3n) is 5.01. The standard InChI is InChI=1S/C21H26ClFN4O4/c1-21(2,3)18(19(29)24-7-8-28)25-20(30)27-16-11-31-9-6-14(16)17(26-27)13-5-4-12(22)10-15(13)23/h4-5,10,18,28H,6-9,11H2,1-3H3,(H,24,29)(H,25,30). The maximum Gasteiger partial charge on any atom is 0.343 e. The van der Waals surface area contributed by atoms with Crippen LogP contribution in [0.2, 0.25) is 5.02 Å². The molecule has 0 spiro atoms. The Morgan fingerprint density at radius 2 is 2.13 bits per heavy atom. The van der Waals surface area contributed by atoms with Crippen molar-refractivity contribution in [3.63, 3.8) is 0 Å². The summed E-state index contributed by atoms with van der Waals surface area (Å²) >= 11 is 5.87. The van der Waals surface area contributed by atoms with Crippen LogP contribution in [0.15, 0.2) is 18.2 Å². The van der Waals surface area contributed by atoms with Gasteiger partial charge in [-0.1, -0.05) is 32.4 Å². The highest BCUT2D eigenvalue weighted by molar-refractivity contribution is 6.30. The van der Waals surface area contributed by atoms with Gasteiger partial charge in [-0.15, -0.1) is 0 Å². The minimum absolute atomic E-state index is 0.0757. The van der Waals surface area contributed by atoms with E-state index in [9.17, 15) is 14.0 Å². The largest absolute Gasteiger partial charge is 0.395 e. The van der Waals surface area contributed by atoms with Gasteiger partial charge in [0.2, 0.25) is 5.91 Å². The number of benzene rings is 1. The van der Waals surface area contributed by atoms with Gasteiger partial charge in [0.25, 0.3) is 0 Å². The minimum Gasteiger partial charge on any atom is -0.395 e. The van der Waals surface area contributed by atoms with Crippen molar-refractivity contribution in [3.8, 4) is 11.3 Å². The van der Waals surface area contributed by atoms with Crippen molar-refractivity contribution in [3.05, 3.63) is 40.3 Å². The van der Waals surface area contributed by atoms with Gasteiger partial charge in [0.1, 0.15) is 11.9 Å². The lowest BCUT2D eigenvalue weighted by atomic mass is 9.86. The number of carbonyl (C=O) groups is 2. The topological polar surface area (TPSA) is 105 Å². The van der Waals surface area contributed by atoms with Crippen molar-refractivity contribution in [1.82, 2.24) is 20.4 Å².